The minimum atomic E-state index is 0.815. The number of hydrogen-bond acceptors (Lipinski definition) is 2. The predicted octanol–water partition coefficient (Wildman–Crippen LogP) is 2.25. The summed E-state index contributed by atoms with van der Waals surface area (Å²) in [6.07, 6.45) is 6.93. The lowest BCUT2D eigenvalue weighted by Gasteiger charge is -2.35. The molecule has 1 fully saturated rings. The number of nitrogens with one attached hydrogen (secondary N) is 1. The van der Waals surface area contributed by atoms with Crippen molar-refractivity contribution in [2.45, 2.75) is 52.0 Å². The zero-order chi connectivity index (χ0) is 10.2. The van der Waals surface area contributed by atoms with Crippen molar-refractivity contribution in [2.75, 3.05) is 26.2 Å². The van der Waals surface area contributed by atoms with Crippen LogP contribution in [0.5, 0.6) is 0 Å². The molecular weight excluding hydrogens is 172 g/mol. The van der Waals surface area contributed by atoms with Crippen LogP contribution in [0.25, 0.3) is 0 Å². The summed E-state index contributed by atoms with van der Waals surface area (Å²) >= 11 is 0. The molecule has 0 aromatic carbocycles. The Morgan fingerprint density at radius 3 is 2.86 bits per heavy atom. The summed E-state index contributed by atoms with van der Waals surface area (Å²) < 4.78 is 0. The summed E-state index contributed by atoms with van der Waals surface area (Å²) in [6.45, 7) is 9.42. The lowest BCUT2D eigenvalue weighted by molar-refractivity contribution is 0.144. The summed E-state index contributed by atoms with van der Waals surface area (Å²) in [5.41, 5.74) is 0. The van der Waals surface area contributed by atoms with E-state index in [1.165, 1.54) is 51.7 Å². The molecule has 14 heavy (non-hydrogen) atoms. The van der Waals surface area contributed by atoms with Gasteiger partial charge in [0.2, 0.25) is 0 Å². The highest BCUT2D eigenvalue weighted by Crippen LogP contribution is 2.16. The van der Waals surface area contributed by atoms with Gasteiger partial charge in [-0.25, -0.2) is 0 Å². The van der Waals surface area contributed by atoms with Crippen LogP contribution in [-0.2, 0) is 0 Å². The summed E-state index contributed by atoms with van der Waals surface area (Å²) in [5, 5.41) is 3.48. The van der Waals surface area contributed by atoms with Gasteiger partial charge in [-0.05, 0) is 38.9 Å². The summed E-state index contributed by atoms with van der Waals surface area (Å²) in [4.78, 5) is 2.69. The molecule has 0 aromatic heterocycles. The number of rotatable bonds is 6. The monoisotopic (exact) mass is 198 g/mol. The fourth-order valence-corrected chi connectivity index (χ4v) is 2.26. The lowest BCUT2D eigenvalue weighted by atomic mass is 10.0. The minimum Gasteiger partial charge on any atom is -0.315 e. The number of unbranched alkanes of at least 4 members (excludes halogenated alkanes) is 1. The maximum Gasteiger partial charge on any atom is 0.0220 e. The van der Waals surface area contributed by atoms with Crippen molar-refractivity contribution >= 4 is 0 Å². The predicted molar refractivity (Wildman–Crippen MR) is 62.7 cm³/mol. The second kappa shape index (κ2) is 7.24. The molecular formula is C12H26N2. The molecule has 0 aromatic rings. The van der Waals surface area contributed by atoms with Gasteiger partial charge >= 0.3 is 0 Å². The van der Waals surface area contributed by atoms with Crippen LogP contribution >= 0.6 is 0 Å². The molecule has 1 atom stereocenters. The molecule has 1 unspecified atom stereocenters. The molecule has 0 aliphatic carbocycles. The normalized spacial score (nSPS) is 24.0. The van der Waals surface area contributed by atoms with E-state index in [0.717, 1.165) is 12.6 Å². The lowest BCUT2D eigenvalue weighted by Crippen LogP contribution is -2.45. The number of likely N-dealkylation sites (tertiary alicyclic amines) is 1. The second-order valence-corrected chi connectivity index (χ2v) is 4.35. The highest BCUT2D eigenvalue weighted by atomic mass is 15.2. The van der Waals surface area contributed by atoms with Crippen molar-refractivity contribution in [1.82, 2.24) is 10.2 Å². The Morgan fingerprint density at radius 1 is 1.29 bits per heavy atom. The van der Waals surface area contributed by atoms with Crippen LogP contribution < -0.4 is 5.32 Å². The molecule has 2 heteroatoms. The highest BCUT2D eigenvalue weighted by molar-refractivity contribution is 4.78. The van der Waals surface area contributed by atoms with Gasteiger partial charge < -0.3 is 5.32 Å². The SMILES string of the molecule is CCCCN1CCCCC1CNCC. The topological polar surface area (TPSA) is 15.3 Å². The van der Waals surface area contributed by atoms with Gasteiger partial charge in [-0.2, -0.15) is 0 Å². The van der Waals surface area contributed by atoms with Crippen molar-refractivity contribution in [2.24, 2.45) is 0 Å². The van der Waals surface area contributed by atoms with Gasteiger partial charge in [-0.3, -0.25) is 4.90 Å². The largest absolute Gasteiger partial charge is 0.315 e. The van der Waals surface area contributed by atoms with E-state index < -0.39 is 0 Å². The van der Waals surface area contributed by atoms with Gasteiger partial charge in [0.25, 0.3) is 0 Å². The molecule has 1 N–H and O–H groups in total. The van der Waals surface area contributed by atoms with E-state index in [1.54, 1.807) is 0 Å². The van der Waals surface area contributed by atoms with Crippen LogP contribution in [0.2, 0.25) is 0 Å². The maximum absolute atomic E-state index is 3.48. The van der Waals surface area contributed by atoms with E-state index in [2.05, 4.69) is 24.1 Å². The van der Waals surface area contributed by atoms with Gasteiger partial charge in [-0.15, -0.1) is 0 Å². The average molecular weight is 198 g/mol. The Labute approximate surface area is 89.1 Å². The Hall–Kier alpha value is -0.0800. The third-order valence-corrected chi connectivity index (χ3v) is 3.18. The van der Waals surface area contributed by atoms with Crippen molar-refractivity contribution in [1.29, 1.82) is 0 Å². The molecule has 0 bridgehead atoms. The van der Waals surface area contributed by atoms with Crippen molar-refractivity contribution in [3.8, 4) is 0 Å². The number of nitrogens with zero attached hydrogens (tertiary/aromatic N) is 1. The Balaban J connectivity index is 2.26. The molecule has 84 valence electrons. The third-order valence-electron chi connectivity index (χ3n) is 3.18. The first kappa shape index (κ1) is 12.0. The molecule has 1 rings (SSSR count). The molecule has 0 spiro atoms. The van der Waals surface area contributed by atoms with Crippen molar-refractivity contribution < 1.29 is 0 Å². The van der Waals surface area contributed by atoms with Gasteiger partial charge in [0.1, 0.15) is 0 Å². The van der Waals surface area contributed by atoms with E-state index in [9.17, 15) is 0 Å². The van der Waals surface area contributed by atoms with E-state index in [-0.39, 0.29) is 0 Å². The van der Waals surface area contributed by atoms with Gasteiger partial charge in [0, 0.05) is 12.6 Å². The quantitative estimate of drug-likeness (QED) is 0.704. The Kier molecular flexibility index (Phi) is 6.20. The third kappa shape index (κ3) is 3.97. The van der Waals surface area contributed by atoms with Crippen LogP contribution in [0, 0.1) is 0 Å². The zero-order valence-electron chi connectivity index (χ0n) is 9.89. The zero-order valence-corrected chi connectivity index (χ0v) is 9.89. The smallest absolute Gasteiger partial charge is 0.0220 e. The van der Waals surface area contributed by atoms with Crippen LogP contribution in [0.1, 0.15) is 46.0 Å². The summed E-state index contributed by atoms with van der Waals surface area (Å²) in [5.74, 6) is 0. The van der Waals surface area contributed by atoms with Crippen molar-refractivity contribution in [3.05, 3.63) is 0 Å². The first-order valence-electron chi connectivity index (χ1n) is 6.33. The van der Waals surface area contributed by atoms with Crippen LogP contribution in [0.3, 0.4) is 0 Å². The molecule has 0 radical (unpaired) electrons. The standard InChI is InChI=1S/C12H26N2/c1-3-5-9-14-10-7-6-8-12(14)11-13-4-2/h12-13H,3-11H2,1-2H3. The minimum absolute atomic E-state index is 0.815. The molecule has 1 aliphatic heterocycles. The maximum atomic E-state index is 3.48. The number of hydrogen-bond donors (Lipinski definition) is 1. The molecule has 1 aliphatic rings. The van der Waals surface area contributed by atoms with E-state index in [4.69, 9.17) is 0 Å². The molecule has 1 saturated heterocycles. The van der Waals surface area contributed by atoms with E-state index in [1.807, 2.05) is 0 Å². The molecule has 0 amide bonds. The average Bonchev–Trinajstić information content (AvgIpc) is 2.24. The van der Waals surface area contributed by atoms with Gasteiger partial charge in [0.15, 0.2) is 0 Å². The van der Waals surface area contributed by atoms with E-state index >= 15 is 0 Å². The molecule has 0 saturated carbocycles. The van der Waals surface area contributed by atoms with Crippen LogP contribution in [0.4, 0.5) is 0 Å². The fourth-order valence-electron chi connectivity index (χ4n) is 2.26. The fraction of sp³-hybridized carbons (Fsp3) is 1.00. The number of likely N-dealkylation sites (N-methyl/N-ethyl adjacent to an activating group) is 1. The van der Waals surface area contributed by atoms with E-state index in [0.29, 0.717) is 0 Å². The van der Waals surface area contributed by atoms with Gasteiger partial charge in [-0.1, -0.05) is 26.7 Å². The van der Waals surface area contributed by atoms with Crippen LogP contribution in [-0.4, -0.2) is 37.1 Å². The first-order chi connectivity index (χ1) is 6.88. The van der Waals surface area contributed by atoms with Gasteiger partial charge in [0.05, 0.1) is 0 Å². The summed E-state index contributed by atoms with van der Waals surface area (Å²) in [6, 6.07) is 0.815. The Bertz CT molecular complexity index is 120. The summed E-state index contributed by atoms with van der Waals surface area (Å²) in [7, 11) is 0. The van der Waals surface area contributed by atoms with Crippen molar-refractivity contribution in [3.63, 3.8) is 0 Å². The first-order valence-corrected chi connectivity index (χ1v) is 6.33. The Morgan fingerprint density at radius 2 is 2.14 bits per heavy atom. The molecule has 2 nitrogen and oxygen atoms in total. The second-order valence-electron chi connectivity index (χ2n) is 4.35. The van der Waals surface area contributed by atoms with Crippen LogP contribution in [0.15, 0.2) is 0 Å². The number of piperidine rings is 1. The molecule has 1 heterocycles. The highest BCUT2D eigenvalue weighted by Gasteiger charge is 2.20.